The molecule has 0 radical (unpaired) electrons. The van der Waals surface area contributed by atoms with E-state index in [9.17, 15) is 5.26 Å². The number of nitrogens with zero attached hydrogens (tertiary/aromatic N) is 3. The highest BCUT2D eigenvalue weighted by molar-refractivity contribution is 5.52. The summed E-state index contributed by atoms with van der Waals surface area (Å²) in [5.74, 6) is 0.577. The van der Waals surface area contributed by atoms with Gasteiger partial charge in [-0.05, 0) is 19.3 Å². The van der Waals surface area contributed by atoms with E-state index in [1.54, 1.807) is 0 Å². The zero-order valence-corrected chi connectivity index (χ0v) is 11.2. The molecule has 1 aromatic rings. The van der Waals surface area contributed by atoms with Crippen LogP contribution >= 0.6 is 0 Å². The van der Waals surface area contributed by atoms with Gasteiger partial charge in [0, 0.05) is 0 Å². The van der Waals surface area contributed by atoms with Crippen molar-refractivity contribution >= 4 is 5.82 Å². The van der Waals surface area contributed by atoms with Gasteiger partial charge in [-0.3, -0.25) is 0 Å². The molecule has 1 aliphatic carbocycles. The van der Waals surface area contributed by atoms with Gasteiger partial charge in [0.05, 0.1) is 11.7 Å². The van der Waals surface area contributed by atoms with Gasteiger partial charge in [0.2, 0.25) is 0 Å². The van der Waals surface area contributed by atoms with Gasteiger partial charge in [-0.1, -0.05) is 39.0 Å². The molecule has 0 aliphatic heterocycles. The predicted molar refractivity (Wildman–Crippen MR) is 72.1 cm³/mol. The van der Waals surface area contributed by atoms with Crippen LogP contribution in [0, 0.1) is 11.3 Å². The summed E-state index contributed by atoms with van der Waals surface area (Å²) in [6.07, 6.45) is 9.23. The molecule has 1 saturated carbocycles. The van der Waals surface area contributed by atoms with Crippen LogP contribution in [0.5, 0.6) is 0 Å². The highest BCUT2D eigenvalue weighted by Crippen LogP contribution is 2.30. The van der Waals surface area contributed by atoms with Crippen LogP contribution in [-0.4, -0.2) is 9.78 Å². The Morgan fingerprint density at radius 1 is 1.33 bits per heavy atom. The Kier molecular flexibility index (Phi) is 4.24. The summed E-state index contributed by atoms with van der Waals surface area (Å²) in [5, 5.41) is 13.8. The van der Waals surface area contributed by atoms with Crippen LogP contribution in [0.15, 0.2) is 0 Å². The molecule has 18 heavy (non-hydrogen) atoms. The van der Waals surface area contributed by atoms with E-state index in [-0.39, 0.29) is 0 Å². The van der Waals surface area contributed by atoms with Gasteiger partial charge in [-0.25, -0.2) is 4.68 Å². The van der Waals surface area contributed by atoms with Gasteiger partial charge in [0.15, 0.2) is 0 Å². The van der Waals surface area contributed by atoms with E-state index >= 15 is 0 Å². The maximum atomic E-state index is 9.21. The number of aryl methyl sites for hydroxylation is 1. The van der Waals surface area contributed by atoms with E-state index in [0.717, 1.165) is 31.4 Å². The number of rotatable bonds is 3. The number of nitrogen functional groups attached to an aromatic ring is 1. The molecular formula is C14H22N4. The van der Waals surface area contributed by atoms with Crippen molar-refractivity contribution in [2.75, 3.05) is 5.73 Å². The predicted octanol–water partition coefficient (Wildman–Crippen LogP) is 3.18. The average Bonchev–Trinajstić information content (AvgIpc) is 2.58. The smallest absolute Gasteiger partial charge is 0.140 e. The van der Waals surface area contributed by atoms with Crippen molar-refractivity contribution < 1.29 is 0 Å². The third-order valence-corrected chi connectivity index (χ3v) is 3.79. The SMILES string of the molecule is CCCc1nn(C2CCCCCC2)c(N)c1C#N. The average molecular weight is 246 g/mol. The summed E-state index contributed by atoms with van der Waals surface area (Å²) in [4.78, 5) is 0. The van der Waals surface area contributed by atoms with E-state index in [1.165, 1.54) is 25.7 Å². The van der Waals surface area contributed by atoms with E-state index in [2.05, 4.69) is 18.1 Å². The van der Waals surface area contributed by atoms with Gasteiger partial charge in [0.1, 0.15) is 17.5 Å². The minimum atomic E-state index is 0.394. The number of hydrogen-bond donors (Lipinski definition) is 1. The van der Waals surface area contributed by atoms with Crippen molar-refractivity contribution in [1.29, 1.82) is 5.26 Å². The zero-order valence-electron chi connectivity index (χ0n) is 11.2. The quantitative estimate of drug-likeness (QED) is 0.833. The van der Waals surface area contributed by atoms with Gasteiger partial charge >= 0.3 is 0 Å². The van der Waals surface area contributed by atoms with E-state index in [1.807, 2.05) is 4.68 Å². The second-order valence-electron chi connectivity index (χ2n) is 5.16. The van der Waals surface area contributed by atoms with Crippen molar-refractivity contribution in [3.05, 3.63) is 11.3 Å². The molecule has 4 nitrogen and oxygen atoms in total. The van der Waals surface area contributed by atoms with Crippen molar-refractivity contribution in [2.45, 2.75) is 64.3 Å². The lowest BCUT2D eigenvalue weighted by molar-refractivity contribution is 0.408. The lowest BCUT2D eigenvalue weighted by Crippen LogP contribution is -2.13. The number of hydrogen-bond acceptors (Lipinski definition) is 3. The molecule has 1 aliphatic rings. The lowest BCUT2D eigenvalue weighted by Gasteiger charge is -2.16. The van der Waals surface area contributed by atoms with Crippen molar-refractivity contribution in [3.63, 3.8) is 0 Å². The molecule has 0 unspecified atom stereocenters. The van der Waals surface area contributed by atoms with Crippen LogP contribution in [0.3, 0.4) is 0 Å². The maximum absolute atomic E-state index is 9.21. The Bertz CT molecular complexity index is 433. The molecule has 0 aromatic carbocycles. The first kappa shape index (κ1) is 12.9. The molecule has 1 heterocycles. The lowest BCUT2D eigenvalue weighted by atomic mass is 10.1. The molecule has 0 saturated heterocycles. The number of aromatic nitrogens is 2. The Morgan fingerprint density at radius 3 is 2.56 bits per heavy atom. The molecule has 2 N–H and O–H groups in total. The van der Waals surface area contributed by atoms with Crippen molar-refractivity contribution in [2.24, 2.45) is 0 Å². The Morgan fingerprint density at radius 2 is 2.00 bits per heavy atom. The number of nitriles is 1. The Labute approximate surface area is 109 Å². The molecule has 0 amide bonds. The summed E-state index contributed by atoms with van der Waals surface area (Å²) >= 11 is 0. The standard InChI is InChI=1S/C14H22N4/c1-2-7-13-12(10-15)14(16)18(17-13)11-8-5-3-4-6-9-11/h11H,2-9,16H2,1H3. The highest BCUT2D eigenvalue weighted by Gasteiger charge is 2.21. The molecule has 2 rings (SSSR count). The minimum Gasteiger partial charge on any atom is -0.383 e. The van der Waals surface area contributed by atoms with E-state index < -0.39 is 0 Å². The molecule has 1 fully saturated rings. The first-order valence-corrected chi connectivity index (χ1v) is 7.04. The Balaban J connectivity index is 2.29. The van der Waals surface area contributed by atoms with Crippen molar-refractivity contribution in [1.82, 2.24) is 9.78 Å². The van der Waals surface area contributed by atoms with Crippen molar-refractivity contribution in [3.8, 4) is 6.07 Å². The summed E-state index contributed by atoms with van der Waals surface area (Å²) in [6, 6.07) is 2.61. The van der Waals surface area contributed by atoms with Crippen LogP contribution in [0.4, 0.5) is 5.82 Å². The fraction of sp³-hybridized carbons (Fsp3) is 0.714. The van der Waals surface area contributed by atoms with Gasteiger partial charge in [-0.15, -0.1) is 0 Å². The highest BCUT2D eigenvalue weighted by atomic mass is 15.3. The van der Waals surface area contributed by atoms with Crippen LogP contribution < -0.4 is 5.73 Å². The number of anilines is 1. The van der Waals surface area contributed by atoms with E-state index in [0.29, 0.717) is 17.4 Å². The van der Waals surface area contributed by atoms with E-state index in [4.69, 9.17) is 5.73 Å². The van der Waals surface area contributed by atoms with Gasteiger partial charge in [-0.2, -0.15) is 10.4 Å². The van der Waals surface area contributed by atoms with Gasteiger partial charge < -0.3 is 5.73 Å². The molecule has 4 heteroatoms. The summed E-state index contributed by atoms with van der Waals surface area (Å²) < 4.78 is 1.93. The third-order valence-electron chi connectivity index (χ3n) is 3.79. The van der Waals surface area contributed by atoms with Crippen LogP contribution in [0.1, 0.15) is 69.2 Å². The van der Waals surface area contributed by atoms with Gasteiger partial charge in [0.25, 0.3) is 0 Å². The second-order valence-corrected chi connectivity index (χ2v) is 5.16. The second kappa shape index (κ2) is 5.90. The Hall–Kier alpha value is -1.50. The molecule has 98 valence electrons. The zero-order chi connectivity index (χ0) is 13.0. The molecular weight excluding hydrogens is 224 g/mol. The molecule has 0 atom stereocenters. The summed E-state index contributed by atoms with van der Waals surface area (Å²) in [6.45, 7) is 2.10. The minimum absolute atomic E-state index is 0.394. The monoisotopic (exact) mass is 246 g/mol. The largest absolute Gasteiger partial charge is 0.383 e. The molecule has 0 bridgehead atoms. The number of nitrogens with two attached hydrogens (primary N) is 1. The fourth-order valence-corrected chi connectivity index (χ4v) is 2.81. The summed E-state index contributed by atoms with van der Waals surface area (Å²) in [7, 11) is 0. The fourth-order valence-electron chi connectivity index (χ4n) is 2.81. The summed E-state index contributed by atoms with van der Waals surface area (Å²) in [5.41, 5.74) is 7.58. The van der Waals surface area contributed by atoms with Crippen LogP contribution in [0.2, 0.25) is 0 Å². The first-order chi connectivity index (χ1) is 8.77. The van der Waals surface area contributed by atoms with Crippen LogP contribution in [0.25, 0.3) is 0 Å². The topological polar surface area (TPSA) is 67.6 Å². The molecule has 0 spiro atoms. The van der Waals surface area contributed by atoms with Crippen LogP contribution in [-0.2, 0) is 6.42 Å². The maximum Gasteiger partial charge on any atom is 0.140 e. The normalized spacial score (nSPS) is 17.3. The third kappa shape index (κ3) is 2.50. The molecule has 1 aromatic heterocycles. The first-order valence-electron chi connectivity index (χ1n) is 7.04.